The molecule has 190 valence electrons. The van der Waals surface area contributed by atoms with Crippen molar-refractivity contribution < 1.29 is 19.1 Å². The molecule has 2 fully saturated rings. The van der Waals surface area contributed by atoms with Crippen molar-refractivity contribution in [1.82, 2.24) is 9.88 Å². The number of ether oxygens (including phenoxy) is 1. The van der Waals surface area contributed by atoms with Gasteiger partial charge in [-0.05, 0) is 67.8 Å². The van der Waals surface area contributed by atoms with Crippen molar-refractivity contribution in [2.24, 2.45) is 0 Å². The summed E-state index contributed by atoms with van der Waals surface area (Å²) in [6.07, 6.45) is 6.17. The van der Waals surface area contributed by atoms with Gasteiger partial charge in [-0.2, -0.15) is 0 Å². The van der Waals surface area contributed by atoms with Crippen LogP contribution in [-0.4, -0.2) is 66.9 Å². The van der Waals surface area contributed by atoms with Crippen molar-refractivity contribution in [3.8, 4) is 0 Å². The van der Waals surface area contributed by atoms with E-state index in [0.717, 1.165) is 48.9 Å². The number of allylic oxidation sites excluding steroid dienone is 1. The molecule has 5 rings (SSSR count). The van der Waals surface area contributed by atoms with Crippen LogP contribution in [0, 0.1) is 0 Å². The van der Waals surface area contributed by atoms with E-state index in [0.29, 0.717) is 43.2 Å². The van der Waals surface area contributed by atoms with Crippen LogP contribution in [0.2, 0.25) is 0 Å². The Balaban J connectivity index is 1.27. The number of nitrogens with zero attached hydrogens (tertiary/aromatic N) is 3. The van der Waals surface area contributed by atoms with Gasteiger partial charge in [-0.25, -0.2) is 4.98 Å². The summed E-state index contributed by atoms with van der Waals surface area (Å²) < 4.78 is 5.50. The molecule has 37 heavy (non-hydrogen) atoms. The van der Waals surface area contributed by atoms with E-state index >= 15 is 0 Å². The van der Waals surface area contributed by atoms with Crippen molar-refractivity contribution in [1.29, 1.82) is 0 Å². The molecule has 0 bridgehead atoms. The molecule has 1 N–H and O–H groups in total. The number of fused-ring (bicyclic) bond motifs is 1. The molecule has 2 aliphatic rings. The highest BCUT2D eigenvalue weighted by Crippen LogP contribution is 2.28. The van der Waals surface area contributed by atoms with Crippen LogP contribution in [0.15, 0.2) is 60.7 Å². The molecular weight excluding hydrogens is 468 g/mol. The number of rotatable bonds is 5. The number of amides is 2. The molecule has 0 spiro atoms. The molecule has 8 nitrogen and oxygen atoms in total. The lowest BCUT2D eigenvalue weighted by molar-refractivity contribution is -0.143. The first-order chi connectivity index (χ1) is 18.1. The number of piperidine rings is 1. The van der Waals surface area contributed by atoms with Crippen LogP contribution in [-0.2, 0) is 14.3 Å². The molecule has 0 unspecified atom stereocenters. The predicted molar refractivity (Wildman–Crippen MR) is 144 cm³/mol. The first kappa shape index (κ1) is 24.6. The Morgan fingerprint density at radius 2 is 1.62 bits per heavy atom. The van der Waals surface area contributed by atoms with Crippen molar-refractivity contribution >= 4 is 46.0 Å². The normalized spacial score (nSPS) is 16.2. The van der Waals surface area contributed by atoms with Gasteiger partial charge in [0.15, 0.2) is 5.78 Å². The van der Waals surface area contributed by atoms with Gasteiger partial charge in [0.1, 0.15) is 0 Å². The van der Waals surface area contributed by atoms with Crippen LogP contribution in [0.4, 0.5) is 11.4 Å². The summed E-state index contributed by atoms with van der Waals surface area (Å²) in [5, 5.41) is 3.71. The fourth-order valence-corrected chi connectivity index (χ4v) is 4.73. The maximum absolute atomic E-state index is 12.8. The van der Waals surface area contributed by atoms with Crippen LogP contribution in [0.25, 0.3) is 17.0 Å². The van der Waals surface area contributed by atoms with Gasteiger partial charge in [0, 0.05) is 48.5 Å². The lowest BCUT2D eigenvalue weighted by Crippen LogP contribution is -2.42. The van der Waals surface area contributed by atoms with E-state index in [1.807, 2.05) is 24.3 Å². The average Bonchev–Trinajstić information content (AvgIpc) is 2.96. The number of carbonyl (C=O) groups excluding carboxylic acids is 3. The van der Waals surface area contributed by atoms with Crippen LogP contribution in [0.1, 0.15) is 35.3 Å². The predicted octanol–water partition coefficient (Wildman–Crippen LogP) is 3.92. The first-order valence-corrected chi connectivity index (χ1v) is 12.7. The molecule has 0 atom stereocenters. The number of morpholine rings is 1. The molecule has 3 aromatic rings. The summed E-state index contributed by atoms with van der Waals surface area (Å²) in [5.74, 6) is -1.34. The third-order valence-corrected chi connectivity index (χ3v) is 6.74. The second-order valence-electron chi connectivity index (χ2n) is 9.26. The van der Waals surface area contributed by atoms with Gasteiger partial charge in [0.2, 0.25) is 0 Å². The first-order valence-electron chi connectivity index (χ1n) is 12.7. The van der Waals surface area contributed by atoms with Crippen LogP contribution in [0.5, 0.6) is 0 Å². The van der Waals surface area contributed by atoms with Crippen molar-refractivity contribution in [3.05, 3.63) is 71.9 Å². The largest absolute Gasteiger partial charge is 0.378 e. The number of carbonyl (C=O) groups is 3. The van der Waals surface area contributed by atoms with Gasteiger partial charge in [-0.1, -0.05) is 18.2 Å². The van der Waals surface area contributed by atoms with E-state index in [2.05, 4.69) is 16.3 Å². The van der Waals surface area contributed by atoms with Gasteiger partial charge in [0.05, 0.1) is 24.4 Å². The van der Waals surface area contributed by atoms with E-state index in [-0.39, 0.29) is 5.78 Å². The molecule has 2 aromatic carbocycles. The summed E-state index contributed by atoms with van der Waals surface area (Å²) in [7, 11) is 0. The Bertz CT molecular complexity index is 1320. The molecule has 0 saturated carbocycles. The number of likely N-dealkylation sites (tertiary alicyclic amines) is 1. The fraction of sp³-hybridized carbons (Fsp3) is 0.310. The number of hydrogen-bond donors (Lipinski definition) is 1. The molecule has 0 aliphatic carbocycles. The molecule has 2 saturated heterocycles. The monoisotopic (exact) mass is 498 g/mol. The zero-order chi connectivity index (χ0) is 25.6. The minimum Gasteiger partial charge on any atom is -0.378 e. The van der Waals surface area contributed by atoms with Gasteiger partial charge in [0.25, 0.3) is 0 Å². The summed E-state index contributed by atoms with van der Waals surface area (Å²) in [6.45, 7) is 4.22. The lowest BCUT2D eigenvalue weighted by atomic mass is 10.1. The molecule has 2 amide bonds. The molecule has 0 radical (unpaired) electrons. The highest BCUT2D eigenvalue weighted by molar-refractivity contribution is 6.39. The number of hydrogen-bond acceptors (Lipinski definition) is 6. The van der Waals surface area contributed by atoms with Crippen LogP contribution < -0.4 is 10.2 Å². The Hall–Kier alpha value is -4.04. The quantitative estimate of drug-likeness (QED) is 0.326. The van der Waals surface area contributed by atoms with Crippen molar-refractivity contribution in [2.75, 3.05) is 49.6 Å². The van der Waals surface area contributed by atoms with E-state index < -0.39 is 11.8 Å². The molecule has 1 aromatic heterocycles. The summed E-state index contributed by atoms with van der Waals surface area (Å²) in [4.78, 5) is 46.1. The minimum atomic E-state index is -0.653. The standard InChI is InChI=1S/C29H30N4O4/c34-27(21-8-10-22(11-9-21)31-28(35)29(36)33-14-4-1-5-15-33)13-12-23-20-26(32-16-18-37-19-17-32)24-6-2-3-7-25(24)30-23/h2-3,6-13,20H,1,4-5,14-19H2,(H,31,35). The SMILES string of the molecule is O=C(Nc1ccc(C(=O)C=Cc2cc(N3CCOCC3)c3ccccc3n2)cc1)C(=O)N1CCCCC1. The van der Waals surface area contributed by atoms with Crippen LogP contribution in [0.3, 0.4) is 0 Å². The number of nitrogens with one attached hydrogen (secondary N) is 1. The number of ketones is 1. The third-order valence-electron chi connectivity index (χ3n) is 6.74. The lowest BCUT2D eigenvalue weighted by Gasteiger charge is -2.30. The Kier molecular flexibility index (Phi) is 7.56. The number of para-hydroxylation sites is 1. The van der Waals surface area contributed by atoms with Crippen molar-refractivity contribution in [2.45, 2.75) is 19.3 Å². The average molecular weight is 499 g/mol. The van der Waals surface area contributed by atoms with E-state index in [9.17, 15) is 14.4 Å². The number of pyridine rings is 1. The van der Waals surface area contributed by atoms with Crippen molar-refractivity contribution in [3.63, 3.8) is 0 Å². The van der Waals surface area contributed by atoms with Gasteiger partial charge < -0.3 is 19.9 Å². The van der Waals surface area contributed by atoms with Crippen LogP contribution >= 0.6 is 0 Å². The second kappa shape index (κ2) is 11.3. The number of benzene rings is 2. The number of anilines is 2. The van der Waals surface area contributed by atoms with E-state index in [1.165, 1.54) is 6.08 Å². The Morgan fingerprint density at radius 1 is 0.892 bits per heavy atom. The molecule has 3 heterocycles. The van der Waals surface area contributed by atoms with Gasteiger partial charge in [-0.3, -0.25) is 14.4 Å². The third kappa shape index (κ3) is 5.86. The summed E-state index contributed by atoms with van der Waals surface area (Å²) >= 11 is 0. The topological polar surface area (TPSA) is 91.8 Å². The zero-order valence-corrected chi connectivity index (χ0v) is 20.7. The highest BCUT2D eigenvalue weighted by atomic mass is 16.5. The van der Waals surface area contributed by atoms with E-state index in [1.54, 1.807) is 35.2 Å². The van der Waals surface area contributed by atoms with Gasteiger partial charge in [-0.15, -0.1) is 0 Å². The molecule has 8 heteroatoms. The molecule has 2 aliphatic heterocycles. The Labute approximate surface area is 215 Å². The highest BCUT2D eigenvalue weighted by Gasteiger charge is 2.23. The maximum Gasteiger partial charge on any atom is 0.313 e. The smallest absolute Gasteiger partial charge is 0.313 e. The van der Waals surface area contributed by atoms with Gasteiger partial charge >= 0.3 is 11.8 Å². The fourth-order valence-electron chi connectivity index (χ4n) is 4.73. The number of aromatic nitrogens is 1. The zero-order valence-electron chi connectivity index (χ0n) is 20.7. The Morgan fingerprint density at radius 3 is 2.38 bits per heavy atom. The van der Waals surface area contributed by atoms with E-state index in [4.69, 9.17) is 9.72 Å². The summed E-state index contributed by atoms with van der Waals surface area (Å²) in [5.41, 5.74) is 3.61. The molecular formula is C29H30N4O4. The minimum absolute atomic E-state index is 0.176. The summed E-state index contributed by atoms with van der Waals surface area (Å²) in [6, 6.07) is 16.5. The second-order valence-corrected chi connectivity index (χ2v) is 9.26. The maximum atomic E-state index is 12.8.